The minimum Gasteiger partial charge on any atom is -0.479 e. The van der Waals surface area contributed by atoms with Crippen molar-refractivity contribution in [2.75, 3.05) is 0 Å². The molecule has 0 spiro atoms. The van der Waals surface area contributed by atoms with Gasteiger partial charge < -0.3 is 10.4 Å². The number of hydrogen-bond acceptors (Lipinski definition) is 2. The van der Waals surface area contributed by atoms with E-state index in [0.717, 1.165) is 12.0 Å². The SMILES string of the molecule is O=C(N[C@]1(C(=O)O)[C@H]2C=C[C@H](C2)[C@@H]1c1ccccc1)c1ccccc1. The molecule has 4 atom stereocenters. The molecule has 0 radical (unpaired) electrons. The van der Waals surface area contributed by atoms with Gasteiger partial charge in [0.1, 0.15) is 0 Å². The predicted molar refractivity (Wildman–Crippen MR) is 94.2 cm³/mol. The van der Waals surface area contributed by atoms with Gasteiger partial charge in [-0.1, -0.05) is 60.7 Å². The zero-order chi connectivity index (χ0) is 17.4. The number of allylic oxidation sites excluding steroid dienone is 1. The molecule has 2 N–H and O–H groups in total. The number of nitrogens with one attached hydrogen (secondary N) is 1. The molecule has 2 aromatic carbocycles. The van der Waals surface area contributed by atoms with E-state index in [9.17, 15) is 14.7 Å². The van der Waals surface area contributed by atoms with Crippen LogP contribution in [0.4, 0.5) is 0 Å². The van der Waals surface area contributed by atoms with E-state index in [-0.39, 0.29) is 23.7 Å². The fourth-order valence-electron chi connectivity index (χ4n) is 4.42. The highest BCUT2D eigenvalue weighted by Gasteiger charge is 2.62. The highest BCUT2D eigenvalue weighted by Crippen LogP contribution is 2.55. The molecule has 4 nitrogen and oxygen atoms in total. The lowest BCUT2D eigenvalue weighted by atomic mass is 9.72. The summed E-state index contributed by atoms with van der Waals surface area (Å²) in [4.78, 5) is 25.2. The molecule has 0 unspecified atom stereocenters. The zero-order valence-electron chi connectivity index (χ0n) is 13.6. The van der Waals surface area contributed by atoms with Gasteiger partial charge in [0.05, 0.1) is 0 Å². The molecule has 2 bridgehead atoms. The van der Waals surface area contributed by atoms with Crippen LogP contribution in [0.5, 0.6) is 0 Å². The Morgan fingerprint density at radius 1 is 0.960 bits per heavy atom. The van der Waals surface area contributed by atoms with Crippen molar-refractivity contribution in [2.45, 2.75) is 17.9 Å². The van der Waals surface area contributed by atoms with Gasteiger partial charge in [-0.15, -0.1) is 0 Å². The first kappa shape index (κ1) is 15.6. The summed E-state index contributed by atoms with van der Waals surface area (Å²) in [6, 6.07) is 18.4. The summed E-state index contributed by atoms with van der Waals surface area (Å²) in [6.07, 6.45) is 4.79. The first-order chi connectivity index (χ1) is 12.1. The standard InChI is InChI=1S/C21H19NO3/c23-19(15-9-5-2-6-10-15)22-21(20(24)25)17-12-11-16(13-17)18(21)14-7-3-1-4-8-14/h1-12,16-18H,13H2,(H,22,23)(H,24,25)/t16-,17+,18+,21-/m1/s1. The van der Waals surface area contributed by atoms with Crippen molar-refractivity contribution in [3.8, 4) is 0 Å². The fraction of sp³-hybridized carbons (Fsp3) is 0.238. The Morgan fingerprint density at radius 3 is 2.24 bits per heavy atom. The van der Waals surface area contributed by atoms with E-state index in [1.807, 2.05) is 42.5 Å². The van der Waals surface area contributed by atoms with E-state index in [4.69, 9.17) is 0 Å². The van der Waals surface area contributed by atoms with Crippen molar-refractivity contribution in [1.29, 1.82) is 0 Å². The molecule has 0 saturated heterocycles. The average molecular weight is 333 g/mol. The van der Waals surface area contributed by atoms with Crippen LogP contribution in [0.15, 0.2) is 72.8 Å². The predicted octanol–water partition coefficient (Wildman–Crippen LogP) is 3.23. The molecule has 126 valence electrons. The van der Waals surface area contributed by atoms with Crippen LogP contribution in [0.2, 0.25) is 0 Å². The largest absolute Gasteiger partial charge is 0.479 e. The molecular formula is C21H19NO3. The summed E-state index contributed by atoms with van der Waals surface area (Å²) in [7, 11) is 0. The van der Waals surface area contributed by atoms with Crippen LogP contribution in [0, 0.1) is 11.8 Å². The molecule has 25 heavy (non-hydrogen) atoms. The lowest BCUT2D eigenvalue weighted by Gasteiger charge is -2.39. The van der Waals surface area contributed by atoms with Gasteiger partial charge in [0.25, 0.3) is 5.91 Å². The Labute approximate surface area is 146 Å². The van der Waals surface area contributed by atoms with Crippen molar-refractivity contribution in [3.63, 3.8) is 0 Å². The summed E-state index contributed by atoms with van der Waals surface area (Å²) in [5.41, 5.74) is 0.116. The van der Waals surface area contributed by atoms with Crippen molar-refractivity contribution in [2.24, 2.45) is 11.8 Å². The Balaban J connectivity index is 1.77. The third kappa shape index (κ3) is 2.37. The molecule has 1 saturated carbocycles. The summed E-state index contributed by atoms with van der Waals surface area (Å²) < 4.78 is 0. The van der Waals surface area contributed by atoms with Crippen LogP contribution >= 0.6 is 0 Å². The van der Waals surface area contributed by atoms with Gasteiger partial charge in [0.15, 0.2) is 5.54 Å². The number of hydrogen-bond donors (Lipinski definition) is 2. The number of carbonyl (C=O) groups is 2. The Bertz CT molecular complexity index is 831. The van der Waals surface area contributed by atoms with Crippen LogP contribution in [-0.4, -0.2) is 22.5 Å². The summed E-state index contributed by atoms with van der Waals surface area (Å²) in [5.74, 6) is -1.66. The van der Waals surface area contributed by atoms with Crippen LogP contribution < -0.4 is 5.32 Å². The highest BCUT2D eigenvalue weighted by atomic mass is 16.4. The maximum absolute atomic E-state index is 12.8. The second kappa shape index (κ2) is 5.88. The Morgan fingerprint density at radius 2 is 1.60 bits per heavy atom. The maximum atomic E-state index is 12.8. The van der Waals surface area contributed by atoms with Gasteiger partial charge in [-0.3, -0.25) is 4.79 Å². The monoisotopic (exact) mass is 333 g/mol. The number of carboxylic acid groups (broad SMARTS) is 1. The van der Waals surface area contributed by atoms with Crippen molar-refractivity contribution >= 4 is 11.9 Å². The van der Waals surface area contributed by atoms with E-state index < -0.39 is 11.5 Å². The summed E-state index contributed by atoms with van der Waals surface area (Å²) >= 11 is 0. The Kier molecular flexibility index (Phi) is 3.68. The quantitative estimate of drug-likeness (QED) is 0.844. The zero-order valence-corrected chi connectivity index (χ0v) is 13.6. The number of rotatable bonds is 4. The molecular weight excluding hydrogens is 314 g/mol. The van der Waals surface area contributed by atoms with E-state index in [1.165, 1.54) is 0 Å². The number of amides is 1. The highest BCUT2D eigenvalue weighted by molar-refractivity contribution is 5.99. The first-order valence-corrected chi connectivity index (χ1v) is 8.47. The van der Waals surface area contributed by atoms with Gasteiger partial charge in [-0.2, -0.15) is 0 Å². The van der Waals surface area contributed by atoms with Gasteiger partial charge in [-0.05, 0) is 30.0 Å². The van der Waals surface area contributed by atoms with E-state index in [2.05, 4.69) is 11.4 Å². The molecule has 4 heteroatoms. The van der Waals surface area contributed by atoms with E-state index in [1.54, 1.807) is 24.3 Å². The first-order valence-electron chi connectivity index (χ1n) is 8.47. The van der Waals surface area contributed by atoms with E-state index >= 15 is 0 Å². The molecule has 2 aliphatic rings. The molecule has 0 heterocycles. The van der Waals surface area contributed by atoms with Crippen molar-refractivity contribution < 1.29 is 14.7 Å². The minimum absolute atomic E-state index is 0.125. The third-order valence-electron chi connectivity index (χ3n) is 5.49. The molecule has 2 aliphatic carbocycles. The lowest BCUT2D eigenvalue weighted by Crippen LogP contribution is -2.60. The third-order valence-corrected chi connectivity index (χ3v) is 5.49. The van der Waals surface area contributed by atoms with Crippen LogP contribution in [0.1, 0.15) is 28.3 Å². The number of carboxylic acids is 1. The Hall–Kier alpha value is -2.88. The molecule has 0 aromatic heterocycles. The second-order valence-corrected chi connectivity index (χ2v) is 6.77. The van der Waals surface area contributed by atoms with Gasteiger partial charge in [0.2, 0.25) is 0 Å². The lowest BCUT2D eigenvalue weighted by molar-refractivity contribution is -0.146. The molecule has 0 aliphatic heterocycles. The number of carbonyl (C=O) groups excluding carboxylic acids is 1. The summed E-state index contributed by atoms with van der Waals surface area (Å²) in [6.45, 7) is 0. The molecule has 1 fully saturated rings. The van der Waals surface area contributed by atoms with Crippen molar-refractivity contribution in [3.05, 3.63) is 83.9 Å². The van der Waals surface area contributed by atoms with Gasteiger partial charge >= 0.3 is 5.97 Å². The minimum atomic E-state index is -1.31. The van der Waals surface area contributed by atoms with Crippen LogP contribution in [0.3, 0.4) is 0 Å². The smallest absolute Gasteiger partial charge is 0.330 e. The molecule has 4 rings (SSSR count). The van der Waals surface area contributed by atoms with E-state index in [0.29, 0.717) is 5.56 Å². The molecule has 1 amide bonds. The number of aliphatic carboxylic acids is 1. The number of fused-ring (bicyclic) bond motifs is 2. The van der Waals surface area contributed by atoms with Gasteiger partial charge in [0, 0.05) is 17.4 Å². The van der Waals surface area contributed by atoms with Crippen LogP contribution in [0.25, 0.3) is 0 Å². The second-order valence-electron chi connectivity index (χ2n) is 6.77. The summed E-state index contributed by atoms with van der Waals surface area (Å²) in [5, 5.41) is 13.1. The van der Waals surface area contributed by atoms with Gasteiger partial charge in [-0.25, -0.2) is 4.79 Å². The maximum Gasteiger partial charge on any atom is 0.330 e. The fourth-order valence-corrected chi connectivity index (χ4v) is 4.42. The normalized spacial score (nSPS) is 29.5. The number of benzene rings is 2. The van der Waals surface area contributed by atoms with Crippen LogP contribution in [-0.2, 0) is 4.79 Å². The topological polar surface area (TPSA) is 66.4 Å². The van der Waals surface area contributed by atoms with Crippen molar-refractivity contribution in [1.82, 2.24) is 5.32 Å². The average Bonchev–Trinajstić information content (AvgIpc) is 3.23. The molecule has 2 aromatic rings.